The quantitative estimate of drug-likeness (QED) is 0.165. The normalized spacial score (nSPS) is 12.2. The fourth-order valence-electron chi connectivity index (χ4n) is 1.98. The number of rotatable bonds is 24. The first kappa shape index (κ1) is 29.2. The number of ether oxygens (including phenoxy) is 8. The summed E-state index contributed by atoms with van der Waals surface area (Å²) < 4.78 is 42.3. The number of carbonyl (C=O) groups excluding carboxylic acids is 1. The van der Waals surface area contributed by atoms with Crippen molar-refractivity contribution >= 4 is 5.97 Å². The van der Waals surface area contributed by atoms with Gasteiger partial charge in [-0.05, 0) is 5.92 Å². The maximum Gasteiger partial charge on any atom is 0.307 e. The Labute approximate surface area is 181 Å². The summed E-state index contributed by atoms with van der Waals surface area (Å²) in [6, 6.07) is 0. The van der Waals surface area contributed by atoms with Crippen molar-refractivity contribution in [1.29, 1.82) is 0 Å². The minimum absolute atomic E-state index is 0.256. The monoisotopic (exact) mass is 438 g/mol. The van der Waals surface area contributed by atoms with Crippen molar-refractivity contribution in [2.24, 2.45) is 5.92 Å². The number of hydrogen-bond donors (Lipinski definition) is 0. The lowest BCUT2D eigenvalue weighted by Crippen LogP contribution is -2.15. The van der Waals surface area contributed by atoms with E-state index in [2.05, 4.69) is 18.6 Å². The average Bonchev–Trinajstić information content (AvgIpc) is 2.76. The van der Waals surface area contributed by atoms with Crippen LogP contribution in [0.2, 0.25) is 0 Å². The summed E-state index contributed by atoms with van der Waals surface area (Å²) >= 11 is 0. The van der Waals surface area contributed by atoms with Crippen LogP contribution >= 0.6 is 0 Å². The molecule has 0 aliphatic carbocycles. The van der Waals surface area contributed by atoms with Gasteiger partial charge in [0.15, 0.2) is 0 Å². The molecule has 0 aromatic heterocycles. The highest BCUT2D eigenvalue weighted by Gasteiger charge is 1.99. The highest BCUT2D eigenvalue weighted by molar-refractivity contribution is 5.69. The molecule has 0 heterocycles. The van der Waals surface area contributed by atoms with Crippen LogP contribution in [0.4, 0.5) is 0 Å². The molecule has 0 N–H and O–H groups in total. The molecule has 0 radical (unpaired) electrons. The van der Waals surface area contributed by atoms with Crippen LogP contribution in [-0.2, 0) is 42.7 Å². The van der Waals surface area contributed by atoms with Gasteiger partial charge in [-0.15, -0.1) is 0 Å². The Bertz CT molecular complexity index is 355. The van der Waals surface area contributed by atoms with Gasteiger partial charge in [-0.1, -0.05) is 20.3 Å². The standard InChI is InChI=1S/C21H42O9/c1-4-20(2)19-30-18-17-29-16-15-28-14-13-27-12-11-26-10-9-25-8-7-24-6-5-21(22)23-3/h20H,4-19H2,1-3H3. The Morgan fingerprint density at radius 3 is 1.27 bits per heavy atom. The Hall–Kier alpha value is -0.810. The summed E-state index contributed by atoms with van der Waals surface area (Å²) in [6.07, 6.45) is 1.39. The molecule has 30 heavy (non-hydrogen) atoms. The molecule has 0 saturated heterocycles. The fourth-order valence-corrected chi connectivity index (χ4v) is 1.98. The van der Waals surface area contributed by atoms with Crippen LogP contribution < -0.4 is 0 Å². The molecule has 1 unspecified atom stereocenters. The molecule has 180 valence electrons. The predicted molar refractivity (Wildman–Crippen MR) is 112 cm³/mol. The van der Waals surface area contributed by atoms with E-state index in [1.807, 2.05) is 0 Å². The molecule has 9 heteroatoms. The third-order valence-electron chi connectivity index (χ3n) is 4.01. The summed E-state index contributed by atoms with van der Waals surface area (Å²) in [7, 11) is 1.36. The van der Waals surface area contributed by atoms with Crippen LogP contribution in [0.1, 0.15) is 26.7 Å². The van der Waals surface area contributed by atoms with Gasteiger partial charge in [-0.25, -0.2) is 0 Å². The van der Waals surface area contributed by atoms with Crippen LogP contribution in [0.3, 0.4) is 0 Å². The zero-order valence-electron chi connectivity index (χ0n) is 19.1. The van der Waals surface area contributed by atoms with E-state index in [-0.39, 0.29) is 12.4 Å². The van der Waals surface area contributed by atoms with Crippen LogP contribution in [0.5, 0.6) is 0 Å². The Kier molecular flexibility index (Phi) is 23.8. The molecule has 0 fully saturated rings. The fraction of sp³-hybridized carbons (Fsp3) is 0.952. The van der Waals surface area contributed by atoms with E-state index in [9.17, 15) is 4.79 Å². The van der Waals surface area contributed by atoms with Gasteiger partial charge in [-0.3, -0.25) is 4.79 Å². The second kappa shape index (κ2) is 24.5. The summed E-state index contributed by atoms with van der Waals surface area (Å²) in [5, 5.41) is 0. The van der Waals surface area contributed by atoms with E-state index in [0.29, 0.717) is 91.8 Å². The van der Waals surface area contributed by atoms with Gasteiger partial charge in [-0.2, -0.15) is 0 Å². The summed E-state index contributed by atoms with van der Waals surface area (Å²) in [4.78, 5) is 10.9. The van der Waals surface area contributed by atoms with E-state index in [0.717, 1.165) is 13.0 Å². The summed E-state index contributed by atoms with van der Waals surface area (Å²) in [6.45, 7) is 11.8. The number of methoxy groups -OCH3 is 1. The third kappa shape index (κ3) is 23.5. The van der Waals surface area contributed by atoms with Crippen molar-refractivity contribution in [3.05, 3.63) is 0 Å². The van der Waals surface area contributed by atoms with Gasteiger partial charge in [0.05, 0.1) is 99.4 Å². The van der Waals surface area contributed by atoms with Crippen molar-refractivity contribution < 1.29 is 42.7 Å². The van der Waals surface area contributed by atoms with Gasteiger partial charge >= 0.3 is 5.97 Å². The van der Waals surface area contributed by atoms with Crippen LogP contribution in [0.25, 0.3) is 0 Å². The molecule has 0 amide bonds. The lowest BCUT2D eigenvalue weighted by atomic mass is 10.1. The zero-order chi connectivity index (χ0) is 22.1. The number of esters is 1. The van der Waals surface area contributed by atoms with E-state index < -0.39 is 0 Å². The van der Waals surface area contributed by atoms with Gasteiger partial charge in [0.2, 0.25) is 0 Å². The molecule has 0 saturated carbocycles. The lowest BCUT2D eigenvalue weighted by molar-refractivity contribution is -0.141. The highest BCUT2D eigenvalue weighted by atomic mass is 16.6. The molecule has 9 nitrogen and oxygen atoms in total. The average molecular weight is 439 g/mol. The van der Waals surface area contributed by atoms with Crippen molar-refractivity contribution in [3.63, 3.8) is 0 Å². The van der Waals surface area contributed by atoms with E-state index in [4.69, 9.17) is 33.2 Å². The van der Waals surface area contributed by atoms with Gasteiger partial charge in [0.25, 0.3) is 0 Å². The SMILES string of the molecule is CCC(C)COCCOCCOCCOCCOCCOCCOCCC(=O)OC. The van der Waals surface area contributed by atoms with Crippen LogP contribution in [0.15, 0.2) is 0 Å². The molecule has 0 aliphatic heterocycles. The Balaban J connectivity index is 3.04. The molecule has 1 atom stereocenters. The largest absolute Gasteiger partial charge is 0.469 e. The van der Waals surface area contributed by atoms with Crippen LogP contribution in [-0.4, -0.2) is 106 Å². The van der Waals surface area contributed by atoms with Crippen LogP contribution in [0, 0.1) is 5.92 Å². The van der Waals surface area contributed by atoms with Gasteiger partial charge in [0, 0.05) is 6.61 Å². The molecule has 0 aromatic carbocycles. The summed E-state index contributed by atoms with van der Waals surface area (Å²) in [5.41, 5.74) is 0. The molecule has 0 bridgehead atoms. The predicted octanol–water partition coefficient (Wildman–Crippen LogP) is 1.71. The zero-order valence-corrected chi connectivity index (χ0v) is 19.1. The molecular weight excluding hydrogens is 396 g/mol. The van der Waals surface area contributed by atoms with Gasteiger partial charge < -0.3 is 37.9 Å². The minimum atomic E-state index is -0.277. The molecular formula is C21H42O9. The van der Waals surface area contributed by atoms with Crippen molar-refractivity contribution in [2.75, 3.05) is 99.6 Å². The van der Waals surface area contributed by atoms with E-state index in [1.165, 1.54) is 7.11 Å². The first-order valence-electron chi connectivity index (χ1n) is 10.8. The highest BCUT2D eigenvalue weighted by Crippen LogP contribution is 1.99. The number of hydrogen-bond acceptors (Lipinski definition) is 9. The van der Waals surface area contributed by atoms with Crippen molar-refractivity contribution in [1.82, 2.24) is 0 Å². The number of carbonyl (C=O) groups is 1. The minimum Gasteiger partial charge on any atom is -0.469 e. The van der Waals surface area contributed by atoms with E-state index >= 15 is 0 Å². The second-order valence-corrected chi connectivity index (χ2v) is 6.59. The third-order valence-corrected chi connectivity index (χ3v) is 4.01. The van der Waals surface area contributed by atoms with E-state index in [1.54, 1.807) is 0 Å². The van der Waals surface area contributed by atoms with Crippen molar-refractivity contribution in [2.45, 2.75) is 26.7 Å². The second-order valence-electron chi connectivity index (χ2n) is 6.59. The maximum atomic E-state index is 10.9. The van der Waals surface area contributed by atoms with Gasteiger partial charge in [0.1, 0.15) is 0 Å². The molecule has 0 aliphatic rings. The maximum absolute atomic E-state index is 10.9. The Morgan fingerprint density at radius 1 is 0.600 bits per heavy atom. The molecule has 0 rings (SSSR count). The lowest BCUT2D eigenvalue weighted by Gasteiger charge is -2.10. The molecule has 0 spiro atoms. The Morgan fingerprint density at radius 2 is 0.933 bits per heavy atom. The van der Waals surface area contributed by atoms with Crippen molar-refractivity contribution in [3.8, 4) is 0 Å². The molecule has 0 aromatic rings. The first-order chi connectivity index (χ1) is 14.7. The first-order valence-corrected chi connectivity index (χ1v) is 10.8. The topological polar surface area (TPSA) is 90.9 Å². The smallest absolute Gasteiger partial charge is 0.307 e. The summed E-state index contributed by atoms with van der Waals surface area (Å²) in [5.74, 6) is 0.324.